The van der Waals surface area contributed by atoms with Crippen molar-refractivity contribution in [2.45, 2.75) is 44.9 Å². The van der Waals surface area contributed by atoms with Crippen molar-refractivity contribution >= 4 is 5.91 Å². The summed E-state index contributed by atoms with van der Waals surface area (Å²) in [5.41, 5.74) is 4.79. The molecule has 2 heterocycles. The number of benzene rings is 2. The van der Waals surface area contributed by atoms with E-state index >= 15 is 0 Å². The monoisotopic (exact) mass is 395 g/mol. The van der Waals surface area contributed by atoms with Crippen LogP contribution in [0.25, 0.3) is 0 Å². The Kier molecular flexibility index (Phi) is 5.76. The van der Waals surface area contributed by atoms with Crippen LogP contribution in [-0.2, 0) is 21.4 Å². The summed E-state index contributed by atoms with van der Waals surface area (Å²) in [6.45, 7) is 6.48. The molecule has 2 aliphatic rings. The van der Waals surface area contributed by atoms with Crippen LogP contribution in [0.15, 0.2) is 36.4 Å². The highest BCUT2D eigenvalue weighted by Crippen LogP contribution is 2.40. The van der Waals surface area contributed by atoms with Crippen LogP contribution >= 0.6 is 0 Å². The van der Waals surface area contributed by atoms with Crippen LogP contribution < -0.4 is 14.8 Å². The minimum absolute atomic E-state index is 0.0941. The second kappa shape index (κ2) is 8.46. The molecule has 0 aromatic heterocycles. The molecule has 0 unspecified atom stereocenters. The van der Waals surface area contributed by atoms with Crippen molar-refractivity contribution in [3.8, 4) is 11.5 Å². The highest BCUT2D eigenvalue weighted by atomic mass is 16.7. The first-order chi connectivity index (χ1) is 14.1. The van der Waals surface area contributed by atoms with Gasteiger partial charge in [-0.2, -0.15) is 0 Å². The number of fused-ring (bicyclic) bond motifs is 1. The van der Waals surface area contributed by atoms with E-state index in [9.17, 15) is 4.79 Å². The Hall–Kier alpha value is -2.53. The number of nitrogens with one attached hydrogen (secondary N) is 1. The van der Waals surface area contributed by atoms with Crippen LogP contribution in [0.3, 0.4) is 0 Å². The molecule has 0 radical (unpaired) electrons. The minimum atomic E-state index is -0.130. The van der Waals surface area contributed by atoms with E-state index in [2.05, 4.69) is 49.5 Å². The van der Waals surface area contributed by atoms with E-state index in [0.29, 0.717) is 26.2 Å². The molecule has 1 saturated heterocycles. The Morgan fingerprint density at radius 1 is 1.03 bits per heavy atom. The van der Waals surface area contributed by atoms with Gasteiger partial charge >= 0.3 is 0 Å². The van der Waals surface area contributed by atoms with Crippen molar-refractivity contribution in [2.75, 3.05) is 26.6 Å². The van der Waals surface area contributed by atoms with E-state index in [0.717, 1.165) is 30.8 Å². The number of amides is 1. The number of aryl methyl sites for hydroxylation is 3. The number of ether oxygens (including phenoxy) is 3. The lowest BCUT2D eigenvalue weighted by molar-refractivity contribution is -0.121. The van der Waals surface area contributed by atoms with Crippen molar-refractivity contribution in [3.05, 3.63) is 58.7 Å². The molecular weight excluding hydrogens is 366 g/mol. The smallest absolute Gasteiger partial charge is 0.231 e. The lowest BCUT2D eigenvalue weighted by atomic mass is 9.74. The number of carbonyl (C=O) groups excluding carboxylic acids is 1. The van der Waals surface area contributed by atoms with Gasteiger partial charge in [-0.25, -0.2) is 0 Å². The van der Waals surface area contributed by atoms with Crippen LogP contribution in [-0.4, -0.2) is 32.5 Å². The van der Waals surface area contributed by atoms with Gasteiger partial charge in [-0.3, -0.25) is 4.79 Å². The molecule has 1 N–H and O–H groups in total. The van der Waals surface area contributed by atoms with Crippen molar-refractivity contribution in [2.24, 2.45) is 0 Å². The van der Waals surface area contributed by atoms with Crippen molar-refractivity contribution in [1.29, 1.82) is 0 Å². The number of hydrogen-bond donors (Lipinski definition) is 1. The van der Waals surface area contributed by atoms with Gasteiger partial charge in [0.25, 0.3) is 0 Å². The molecule has 29 heavy (non-hydrogen) atoms. The Balaban J connectivity index is 1.41. The zero-order valence-corrected chi connectivity index (χ0v) is 17.3. The van der Waals surface area contributed by atoms with Gasteiger partial charge in [-0.15, -0.1) is 0 Å². The Morgan fingerprint density at radius 2 is 1.83 bits per heavy atom. The molecule has 4 rings (SSSR count). The quantitative estimate of drug-likeness (QED) is 0.808. The third-order valence-electron chi connectivity index (χ3n) is 6.18. The fourth-order valence-corrected chi connectivity index (χ4v) is 4.29. The fraction of sp³-hybridized carbons (Fsp3) is 0.458. The summed E-state index contributed by atoms with van der Waals surface area (Å²) in [4.78, 5) is 12.6. The number of hydrogen-bond acceptors (Lipinski definition) is 4. The van der Waals surface area contributed by atoms with Gasteiger partial charge < -0.3 is 19.5 Å². The topological polar surface area (TPSA) is 56.8 Å². The average Bonchev–Trinajstić information content (AvgIpc) is 3.20. The molecule has 2 aromatic carbocycles. The minimum Gasteiger partial charge on any atom is -0.454 e. The maximum atomic E-state index is 12.6. The van der Waals surface area contributed by atoms with Crippen molar-refractivity contribution < 1.29 is 19.0 Å². The zero-order valence-electron chi connectivity index (χ0n) is 17.3. The van der Waals surface area contributed by atoms with E-state index in [-0.39, 0.29) is 18.1 Å². The van der Waals surface area contributed by atoms with Crippen LogP contribution in [0.4, 0.5) is 0 Å². The second-order valence-corrected chi connectivity index (χ2v) is 8.17. The molecule has 0 spiro atoms. The second-order valence-electron chi connectivity index (χ2n) is 8.17. The van der Waals surface area contributed by atoms with Crippen molar-refractivity contribution in [3.63, 3.8) is 0 Å². The molecule has 2 aliphatic heterocycles. The first-order valence-corrected chi connectivity index (χ1v) is 10.4. The lowest BCUT2D eigenvalue weighted by Crippen LogP contribution is -2.44. The van der Waals surface area contributed by atoms with Gasteiger partial charge in [0.2, 0.25) is 12.7 Å². The molecule has 5 nitrogen and oxygen atoms in total. The lowest BCUT2D eigenvalue weighted by Gasteiger charge is -2.38. The fourth-order valence-electron chi connectivity index (χ4n) is 4.29. The van der Waals surface area contributed by atoms with Gasteiger partial charge in [0, 0.05) is 31.6 Å². The van der Waals surface area contributed by atoms with E-state index in [4.69, 9.17) is 14.2 Å². The predicted octanol–water partition coefficient (Wildman–Crippen LogP) is 3.83. The summed E-state index contributed by atoms with van der Waals surface area (Å²) >= 11 is 0. The summed E-state index contributed by atoms with van der Waals surface area (Å²) in [7, 11) is 0. The number of carbonyl (C=O) groups is 1. The first-order valence-electron chi connectivity index (χ1n) is 10.4. The molecule has 0 aliphatic carbocycles. The molecule has 2 aromatic rings. The van der Waals surface area contributed by atoms with Crippen LogP contribution in [0.1, 0.15) is 41.5 Å². The largest absolute Gasteiger partial charge is 0.454 e. The van der Waals surface area contributed by atoms with E-state index in [1.165, 1.54) is 22.3 Å². The van der Waals surface area contributed by atoms with Crippen LogP contribution in [0.5, 0.6) is 11.5 Å². The molecular formula is C24H29NO4. The third-order valence-corrected chi connectivity index (χ3v) is 6.18. The summed E-state index contributed by atoms with van der Waals surface area (Å²) in [6, 6.07) is 12.5. The van der Waals surface area contributed by atoms with Gasteiger partial charge in [0.15, 0.2) is 11.5 Å². The van der Waals surface area contributed by atoms with Gasteiger partial charge in [-0.05, 0) is 61.9 Å². The number of rotatable bonds is 6. The molecule has 5 heteroatoms. The van der Waals surface area contributed by atoms with Gasteiger partial charge in [-0.1, -0.05) is 29.8 Å². The van der Waals surface area contributed by atoms with Crippen LogP contribution in [0, 0.1) is 13.8 Å². The maximum Gasteiger partial charge on any atom is 0.231 e. The standard InChI is InChI=1S/C24H29NO4/c1-17-3-4-19(18(2)13-17)5-8-23(26)25-15-24(9-11-27-12-10-24)20-6-7-21-22(14-20)29-16-28-21/h3-4,6-7,13-14H,5,8-12,15-16H2,1-2H3,(H,25,26). The molecule has 0 saturated carbocycles. The Bertz CT molecular complexity index is 886. The average molecular weight is 395 g/mol. The first kappa shape index (κ1) is 19.8. The highest BCUT2D eigenvalue weighted by Gasteiger charge is 2.36. The Labute approximate surface area is 172 Å². The molecule has 1 fully saturated rings. The summed E-state index contributed by atoms with van der Waals surface area (Å²) in [5, 5.41) is 3.19. The zero-order chi connectivity index (χ0) is 20.3. The van der Waals surface area contributed by atoms with E-state index in [1.807, 2.05) is 6.07 Å². The third kappa shape index (κ3) is 4.40. The summed E-state index contributed by atoms with van der Waals surface area (Å²) in [6.07, 6.45) is 3.02. The Morgan fingerprint density at radius 3 is 2.62 bits per heavy atom. The maximum absolute atomic E-state index is 12.6. The molecule has 0 bridgehead atoms. The molecule has 0 atom stereocenters. The molecule has 154 valence electrons. The van der Waals surface area contributed by atoms with Gasteiger partial charge in [0.05, 0.1) is 0 Å². The van der Waals surface area contributed by atoms with E-state index < -0.39 is 0 Å². The van der Waals surface area contributed by atoms with Crippen LogP contribution in [0.2, 0.25) is 0 Å². The SMILES string of the molecule is Cc1ccc(CCC(=O)NCC2(c3ccc4c(c3)OCO4)CCOCC2)c(C)c1. The normalized spacial score (nSPS) is 17.2. The van der Waals surface area contributed by atoms with Crippen molar-refractivity contribution in [1.82, 2.24) is 5.32 Å². The van der Waals surface area contributed by atoms with Gasteiger partial charge in [0.1, 0.15) is 0 Å². The highest BCUT2D eigenvalue weighted by molar-refractivity contribution is 5.76. The van der Waals surface area contributed by atoms with E-state index in [1.54, 1.807) is 0 Å². The predicted molar refractivity (Wildman–Crippen MR) is 112 cm³/mol. The molecule has 1 amide bonds. The summed E-state index contributed by atoms with van der Waals surface area (Å²) < 4.78 is 16.6. The summed E-state index contributed by atoms with van der Waals surface area (Å²) in [5.74, 6) is 1.67.